The second-order valence-electron chi connectivity index (χ2n) is 10.2. The summed E-state index contributed by atoms with van der Waals surface area (Å²) in [7, 11) is 0. The van der Waals surface area contributed by atoms with Crippen molar-refractivity contribution in [3.05, 3.63) is 106 Å². The third kappa shape index (κ3) is 7.29. The van der Waals surface area contributed by atoms with Crippen LogP contribution in [0.4, 0.5) is 5.69 Å². The van der Waals surface area contributed by atoms with E-state index in [0.29, 0.717) is 30.9 Å². The molecule has 0 spiro atoms. The molecule has 3 aromatic rings. The smallest absolute Gasteiger partial charge is 0.303 e. The molecule has 0 saturated carbocycles. The van der Waals surface area contributed by atoms with Gasteiger partial charge in [0.2, 0.25) is 0 Å². The van der Waals surface area contributed by atoms with Crippen molar-refractivity contribution in [1.29, 1.82) is 0 Å². The third-order valence-electron chi connectivity index (χ3n) is 7.29. The summed E-state index contributed by atoms with van der Waals surface area (Å²) in [5.41, 5.74) is 7.30. The standard InChI is InChI=1S/C33H38N2O4/c1-4-27(34-33(38)26-8-6-5-7-9-26)19-21-39-31-16-12-25(13-17-32(36)37)30-22-35(20-18-29(30)31)28-14-10-24(11-15-28)23(2)3/h4-12,14-16,23H,13,17-22H2,1-3H3,(H,34,38)(H,36,37)/b27-4+. The monoisotopic (exact) mass is 526 g/mol. The Balaban J connectivity index is 1.47. The van der Waals surface area contributed by atoms with Crippen LogP contribution in [0, 0.1) is 0 Å². The Kier molecular flexibility index (Phi) is 9.42. The molecule has 0 atom stereocenters. The maximum absolute atomic E-state index is 12.5. The molecule has 0 saturated heterocycles. The van der Waals surface area contributed by atoms with E-state index in [-0.39, 0.29) is 12.3 Å². The van der Waals surface area contributed by atoms with Crippen molar-refractivity contribution >= 4 is 17.6 Å². The lowest BCUT2D eigenvalue weighted by Gasteiger charge is -2.33. The number of ether oxygens (including phenoxy) is 1. The number of hydrogen-bond donors (Lipinski definition) is 2. The average molecular weight is 527 g/mol. The van der Waals surface area contributed by atoms with E-state index in [9.17, 15) is 14.7 Å². The highest BCUT2D eigenvalue weighted by atomic mass is 16.5. The first-order valence-electron chi connectivity index (χ1n) is 13.7. The second-order valence-corrected chi connectivity index (χ2v) is 10.2. The number of anilines is 1. The Morgan fingerprint density at radius 3 is 2.41 bits per heavy atom. The number of fused-ring (bicyclic) bond motifs is 1. The van der Waals surface area contributed by atoms with Crippen LogP contribution in [0.5, 0.6) is 5.75 Å². The van der Waals surface area contributed by atoms with Crippen LogP contribution in [0.15, 0.2) is 78.5 Å². The number of nitrogens with one attached hydrogen (secondary N) is 1. The van der Waals surface area contributed by atoms with Crippen molar-refractivity contribution in [3.63, 3.8) is 0 Å². The number of carboxylic acid groups (broad SMARTS) is 1. The lowest BCUT2D eigenvalue weighted by molar-refractivity contribution is -0.136. The van der Waals surface area contributed by atoms with Gasteiger partial charge in [0.25, 0.3) is 5.91 Å². The molecule has 39 heavy (non-hydrogen) atoms. The summed E-state index contributed by atoms with van der Waals surface area (Å²) in [4.78, 5) is 26.2. The van der Waals surface area contributed by atoms with Crippen LogP contribution in [0.25, 0.3) is 0 Å². The van der Waals surface area contributed by atoms with Crippen molar-refractivity contribution < 1.29 is 19.4 Å². The van der Waals surface area contributed by atoms with E-state index in [0.717, 1.165) is 47.6 Å². The van der Waals surface area contributed by atoms with Crippen LogP contribution >= 0.6 is 0 Å². The molecule has 1 heterocycles. The highest BCUT2D eigenvalue weighted by Gasteiger charge is 2.23. The van der Waals surface area contributed by atoms with Gasteiger partial charge in [0.15, 0.2) is 0 Å². The van der Waals surface area contributed by atoms with Crippen molar-refractivity contribution in [1.82, 2.24) is 5.32 Å². The summed E-state index contributed by atoms with van der Waals surface area (Å²) in [6.45, 7) is 8.30. The number of rotatable bonds is 11. The summed E-state index contributed by atoms with van der Waals surface area (Å²) in [6.07, 6.45) is 3.88. The third-order valence-corrected chi connectivity index (χ3v) is 7.29. The van der Waals surface area contributed by atoms with Gasteiger partial charge in [-0.05, 0) is 72.7 Å². The van der Waals surface area contributed by atoms with Gasteiger partial charge >= 0.3 is 5.97 Å². The van der Waals surface area contributed by atoms with E-state index >= 15 is 0 Å². The first kappa shape index (κ1) is 28.0. The van der Waals surface area contributed by atoms with Gasteiger partial charge in [0.1, 0.15) is 5.75 Å². The number of nitrogens with zero attached hydrogens (tertiary/aromatic N) is 1. The summed E-state index contributed by atoms with van der Waals surface area (Å²) in [6, 6.07) is 21.9. The van der Waals surface area contributed by atoms with Crippen LogP contribution in [0.2, 0.25) is 0 Å². The van der Waals surface area contributed by atoms with Crippen LogP contribution in [0.1, 0.15) is 72.1 Å². The number of amides is 1. The highest BCUT2D eigenvalue weighted by molar-refractivity contribution is 5.95. The molecule has 1 amide bonds. The van der Waals surface area contributed by atoms with E-state index in [4.69, 9.17) is 4.74 Å². The van der Waals surface area contributed by atoms with E-state index in [1.165, 1.54) is 11.3 Å². The van der Waals surface area contributed by atoms with Gasteiger partial charge in [-0.15, -0.1) is 0 Å². The summed E-state index contributed by atoms with van der Waals surface area (Å²) in [5, 5.41) is 12.3. The maximum atomic E-state index is 12.5. The first-order chi connectivity index (χ1) is 18.9. The Labute approximate surface area is 231 Å². The zero-order chi connectivity index (χ0) is 27.8. The van der Waals surface area contributed by atoms with Crippen molar-refractivity contribution in [2.75, 3.05) is 18.1 Å². The molecule has 6 heteroatoms. The number of carboxylic acids is 1. The Bertz CT molecular complexity index is 1310. The van der Waals surface area contributed by atoms with E-state index < -0.39 is 5.97 Å². The molecule has 4 rings (SSSR count). The number of aryl methyl sites for hydroxylation is 1. The molecule has 0 aromatic heterocycles. The molecule has 204 valence electrons. The van der Waals surface area contributed by atoms with Gasteiger partial charge < -0.3 is 20.1 Å². The zero-order valence-corrected chi connectivity index (χ0v) is 23.1. The second kappa shape index (κ2) is 13.1. The Morgan fingerprint density at radius 2 is 1.74 bits per heavy atom. The molecule has 0 fully saturated rings. The van der Waals surface area contributed by atoms with Crippen LogP contribution in [-0.2, 0) is 24.2 Å². The quantitative estimate of drug-likeness (QED) is 0.298. The molecular weight excluding hydrogens is 488 g/mol. The molecule has 0 aliphatic carbocycles. The van der Waals surface area contributed by atoms with Crippen LogP contribution in [0.3, 0.4) is 0 Å². The van der Waals surface area contributed by atoms with Crippen LogP contribution in [-0.4, -0.2) is 30.1 Å². The molecule has 2 N–H and O–H groups in total. The first-order valence-corrected chi connectivity index (χ1v) is 13.7. The van der Waals surface area contributed by atoms with Gasteiger partial charge in [-0.3, -0.25) is 9.59 Å². The molecule has 0 bridgehead atoms. The molecule has 6 nitrogen and oxygen atoms in total. The Hall–Kier alpha value is -4.06. The summed E-state index contributed by atoms with van der Waals surface area (Å²) >= 11 is 0. The predicted molar refractivity (Wildman–Crippen MR) is 155 cm³/mol. The van der Waals surface area contributed by atoms with E-state index in [1.54, 1.807) is 12.1 Å². The van der Waals surface area contributed by atoms with E-state index in [2.05, 4.69) is 48.3 Å². The average Bonchev–Trinajstić information content (AvgIpc) is 2.96. The lowest BCUT2D eigenvalue weighted by Crippen LogP contribution is -2.31. The fourth-order valence-electron chi connectivity index (χ4n) is 4.97. The number of allylic oxidation sites excluding steroid dienone is 1. The minimum atomic E-state index is -0.794. The summed E-state index contributed by atoms with van der Waals surface area (Å²) < 4.78 is 6.26. The van der Waals surface area contributed by atoms with Crippen molar-refractivity contribution in [2.45, 2.75) is 58.9 Å². The normalized spacial score (nSPS) is 13.2. The predicted octanol–water partition coefficient (Wildman–Crippen LogP) is 6.49. The van der Waals surface area contributed by atoms with Crippen LogP contribution < -0.4 is 15.0 Å². The van der Waals surface area contributed by atoms with Crippen molar-refractivity contribution in [2.24, 2.45) is 0 Å². The van der Waals surface area contributed by atoms with E-state index in [1.807, 2.05) is 43.3 Å². The fourth-order valence-corrected chi connectivity index (χ4v) is 4.97. The van der Waals surface area contributed by atoms with Gasteiger partial charge in [-0.2, -0.15) is 0 Å². The molecule has 3 aromatic carbocycles. The SMILES string of the molecule is C/C=C(\CCOc1ccc(CCC(=O)O)c2c1CCN(c1ccc(C(C)C)cc1)C2)NC(=O)c1ccccc1. The highest BCUT2D eigenvalue weighted by Crippen LogP contribution is 2.34. The fraction of sp³-hybridized carbons (Fsp3) is 0.333. The Morgan fingerprint density at radius 1 is 1.00 bits per heavy atom. The van der Waals surface area contributed by atoms with Gasteiger partial charge in [-0.1, -0.05) is 56.3 Å². The number of carbonyl (C=O) groups excluding carboxylic acids is 1. The zero-order valence-electron chi connectivity index (χ0n) is 23.1. The summed E-state index contributed by atoms with van der Waals surface area (Å²) in [5.74, 6) is 0.393. The largest absolute Gasteiger partial charge is 0.493 e. The maximum Gasteiger partial charge on any atom is 0.303 e. The number of aliphatic carboxylic acids is 1. The number of benzene rings is 3. The minimum Gasteiger partial charge on any atom is -0.493 e. The molecule has 0 radical (unpaired) electrons. The minimum absolute atomic E-state index is 0.0987. The van der Waals surface area contributed by atoms with Crippen molar-refractivity contribution in [3.8, 4) is 5.75 Å². The topological polar surface area (TPSA) is 78.9 Å². The molecular formula is C33H38N2O4. The van der Waals surface area contributed by atoms with Gasteiger partial charge in [0, 0.05) is 48.4 Å². The molecule has 1 aliphatic rings. The molecule has 0 unspecified atom stereocenters. The van der Waals surface area contributed by atoms with Gasteiger partial charge in [0.05, 0.1) is 6.61 Å². The lowest BCUT2D eigenvalue weighted by atomic mass is 9.91. The number of carbonyl (C=O) groups is 2. The number of hydrogen-bond acceptors (Lipinski definition) is 4. The van der Waals surface area contributed by atoms with Gasteiger partial charge in [-0.25, -0.2) is 0 Å². The molecule has 1 aliphatic heterocycles.